The van der Waals surface area contributed by atoms with Gasteiger partial charge in [-0.15, -0.1) is 0 Å². The molecule has 0 aliphatic carbocycles. The Labute approximate surface area is 125 Å². The minimum atomic E-state index is -0.502. The van der Waals surface area contributed by atoms with Crippen LogP contribution in [0.3, 0.4) is 0 Å². The van der Waals surface area contributed by atoms with Crippen LogP contribution in [-0.2, 0) is 11.3 Å². The Balaban J connectivity index is 2.22. The maximum atomic E-state index is 13.7. The minimum absolute atomic E-state index is 0.0280. The lowest BCUT2D eigenvalue weighted by atomic mass is 10.2. The van der Waals surface area contributed by atoms with Crippen LogP contribution >= 0.6 is 11.6 Å². The molecule has 1 heterocycles. The Bertz CT molecular complexity index is 816. The lowest BCUT2D eigenvalue weighted by Crippen LogP contribution is -2.01. The quantitative estimate of drug-likeness (QED) is 0.805. The number of fused-ring (bicyclic) bond motifs is 1. The SMILES string of the molecule is COCc1cccc(-n2c(N)nc3cc(Cl)c(F)cc32)c1. The van der Waals surface area contributed by atoms with E-state index in [2.05, 4.69) is 4.98 Å². The molecule has 0 fully saturated rings. The summed E-state index contributed by atoms with van der Waals surface area (Å²) in [6.07, 6.45) is 0. The Kier molecular flexibility index (Phi) is 3.53. The molecule has 0 saturated carbocycles. The number of benzene rings is 2. The third kappa shape index (κ3) is 2.46. The first-order chi connectivity index (χ1) is 10.1. The summed E-state index contributed by atoms with van der Waals surface area (Å²) in [6.45, 7) is 0.487. The summed E-state index contributed by atoms with van der Waals surface area (Å²) < 4.78 is 20.5. The zero-order chi connectivity index (χ0) is 15.0. The molecule has 0 aliphatic rings. The van der Waals surface area contributed by atoms with Crippen molar-refractivity contribution < 1.29 is 9.13 Å². The van der Waals surface area contributed by atoms with Gasteiger partial charge in [0.15, 0.2) is 0 Å². The van der Waals surface area contributed by atoms with Crippen molar-refractivity contribution in [3.05, 3.63) is 52.8 Å². The smallest absolute Gasteiger partial charge is 0.205 e. The monoisotopic (exact) mass is 305 g/mol. The van der Waals surface area contributed by atoms with Gasteiger partial charge in [0.2, 0.25) is 5.95 Å². The van der Waals surface area contributed by atoms with Crippen LogP contribution in [0.1, 0.15) is 5.56 Å². The molecule has 108 valence electrons. The number of nitrogen functional groups attached to an aromatic ring is 1. The van der Waals surface area contributed by atoms with Gasteiger partial charge in [-0.1, -0.05) is 23.7 Å². The van der Waals surface area contributed by atoms with Crippen LogP contribution in [0.5, 0.6) is 0 Å². The van der Waals surface area contributed by atoms with Gasteiger partial charge in [-0.05, 0) is 23.8 Å². The lowest BCUT2D eigenvalue weighted by molar-refractivity contribution is 0.185. The second-order valence-electron chi connectivity index (χ2n) is 4.66. The number of hydrogen-bond acceptors (Lipinski definition) is 3. The van der Waals surface area contributed by atoms with E-state index >= 15 is 0 Å². The molecule has 4 nitrogen and oxygen atoms in total. The fourth-order valence-electron chi connectivity index (χ4n) is 2.31. The van der Waals surface area contributed by atoms with Crippen molar-refractivity contribution in [3.63, 3.8) is 0 Å². The fraction of sp³-hybridized carbons (Fsp3) is 0.133. The summed E-state index contributed by atoms with van der Waals surface area (Å²) in [5, 5.41) is 0.0280. The van der Waals surface area contributed by atoms with Crippen molar-refractivity contribution in [2.75, 3.05) is 12.8 Å². The van der Waals surface area contributed by atoms with Crippen LogP contribution in [0.2, 0.25) is 5.02 Å². The fourth-order valence-corrected chi connectivity index (χ4v) is 2.47. The highest BCUT2D eigenvalue weighted by molar-refractivity contribution is 6.31. The molecular weight excluding hydrogens is 293 g/mol. The summed E-state index contributed by atoms with van der Waals surface area (Å²) in [4.78, 5) is 4.23. The predicted octanol–water partition coefficient (Wildman–Crippen LogP) is 3.55. The summed E-state index contributed by atoms with van der Waals surface area (Å²) in [5.41, 5.74) is 8.88. The number of nitrogens with two attached hydrogens (primary N) is 1. The molecule has 1 aromatic heterocycles. The number of anilines is 1. The van der Waals surface area contributed by atoms with Crippen LogP contribution in [0.4, 0.5) is 10.3 Å². The molecule has 0 atom stereocenters. The average molecular weight is 306 g/mol. The molecule has 2 N–H and O–H groups in total. The third-order valence-electron chi connectivity index (χ3n) is 3.20. The number of rotatable bonds is 3. The summed E-state index contributed by atoms with van der Waals surface area (Å²) in [5.74, 6) is -0.223. The number of nitrogens with zero attached hydrogens (tertiary/aromatic N) is 2. The van der Waals surface area contributed by atoms with Crippen molar-refractivity contribution >= 4 is 28.6 Å². The number of hydrogen-bond donors (Lipinski definition) is 1. The number of ether oxygens (including phenoxy) is 1. The predicted molar refractivity (Wildman–Crippen MR) is 81.2 cm³/mol. The van der Waals surface area contributed by atoms with Gasteiger partial charge in [0.25, 0.3) is 0 Å². The molecule has 3 aromatic rings. The van der Waals surface area contributed by atoms with E-state index in [-0.39, 0.29) is 11.0 Å². The number of methoxy groups -OCH3 is 1. The van der Waals surface area contributed by atoms with Crippen molar-refractivity contribution in [2.45, 2.75) is 6.61 Å². The highest BCUT2D eigenvalue weighted by atomic mass is 35.5. The Hall–Kier alpha value is -2.11. The maximum absolute atomic E-state index is 13.7. The minimum Gasteiger partial charge on any atom is -0.380 e. The highest BCUT2D eigenvalue weighted by Crippen LogP contribution is 2.27. The molecule has 0 unspecified atom stereocenters. The highest BCUT2D eigenvalue weighted by Gasteiger charge is 2.13. The summed E-state index contributed by atoms with van der Waals surface area (Å²) in [7, 11) is 1.63. The third-order valence-corrected chi connectivity index (χ3v) is 3.49. The summed E-state index contributed by atoms with van der Waals surface area (Å²) in [6, 6.07) is 10.4. The van der Waals surface area contributed by atoms with Crippen LogP contribution in [0.25, 0.3) is 16.7 Å². The molecule has 0 amide bonds. The normalized spacial score (nSPS) is 11.2. The van der Waals surface area contributed by atoms with Gasteiger partial charge >= 0.3 is 0 Å². The standard InChI is InChI=1S/C15H13ClFN3O/c1-21-8-9-3-2-4-10(5-9)20-14-7-12(17)11(16)6-13(14)19-15(20)18/h2-7H,8H2,1H3,(H2,18,19). The van der Waals surface area contributed by atoms with E-state index < -0.39 is 5.82 Å². The van der Waals surface area contributed by atoms with Gasteiger partial charge in [-0.2, -0.15) is 0 Å². The summed E-state index contributed by atoms with van der Waals surface area (Å²) >= 11 is 5.78. The van der Waals surface area contributed by atoms with E-state index in [0.717, 1.165) is 11.3 Å². The van der Waals surface area contributed by atoms with Crippen LogP contribution < -0.4 is 5.73 Å². The van der Waals surface area contributed by atoms with Gasteiger partial charge < -0.3 is 10.5 Å². The molecule has 21 heavy (non-hydrogen) atoms. The maximum Gasteiger partial charge on any atom is 0.205 e. The van der Waals surface area contributed by atoms with E-state index in [1.54, 1.807) is 11.7 Å². The molecule has 0 saturated heterocycles. The van der Waals surface area contributed by atoms with Gasteiger partial charge in [-0.25, -0.2) is 9.37 Å². The largest absolute Gasteiger partial charge is 0.380 e. The van der Waals surface area contributed by atoms with E-state index in [1.807, 2.05) is 24.3 Å². The van der Waals surface area contributed by atoms with E-state index in [1.165, 1.54) is 12.1 Å². The van der Waals surface area contributed by atoms with E-state index in [4.69, 9.17) is 22.1 Å². The molecule has 0 bridgehead atoms. The zero-order valence-corrected chi connectivity index (χ0v) is 12.1. The average Bonchev–Trinajstić information content (AvgIpc) is 2.75. The second-order valence-corrected chi connectivity index (χ2v) is 5.07. The van der Waals surface area contributed by atoms with Gasteiger partial charge in [-0.3, -0.25) is 4.57 Å². The lowest BCUT2D eigenvalue weighted by Gasteiger charge is -2.09. The van der Waals surface area contributed by atoms with Gasteiger partial charge in [0.1, 0.15) is 5.82 Å². The number of halogens is 2. The first-order valence-corrected chi connectivity index (χ1v) is 6.69. The molecule has 3 rings (SSSR count). The first kappa shape index (κ1) is 13.9. The molecule has 2 aromatic carbocycles. The van der Waals surface area contributed by atoms with Gasteiger partial charge in [0.05, 0.1) is 22.7 Å². The Morgan fingerprint density at radius 3 is 2.90 bits per heavy atom. The molecule has 0 radical (unpaired) electrons. The topological polar surface area (TPSA) is 53.1 Å². The van der Waals surface area contributed by atoms with Crippen LogP contribution in [0.15, 0.2) is 36.4 Å². The second kappa shape index (κ2) is 5.35. The molecule has 0 spiro atoms. The van der Waals surface area contributed by atoms with E-state index in [0.29, 0.717) is 17.6 Å². The first-order valence-electron chi connectivity index (χ1n) is 6.31. The van der Waals surface area contributed by atoms with Crippen molar-refractivity contribution in [1.29, 1.82) is 0 Å². The van der Waals surface area contributed by atoms with Crippen LogP contribution in [-0.4, -0.2) is 16.7 Å². The van der Waals surface area contributed by atoms with E-state index in [9.17, 15) is 4.39 Å². The zero-order valence-electron chi connectivity index (χ0n) is 11.3. The van der Waals surface area contributed by atoms with Crippen molar-refractivity contribution in [2.24, 2.45) is 0 Å². The van der Waals surface area contributed by atoms with Gasteiger partial charge in [0, 0.05) is 18.9 Å². The Morgan fingerprint density at radius 1 is 1.33 bits per heavy atom. The molecule has 6 heteroatoms. The Morgan fingerprint density at radius 2 is 2.14 bits per heavy atom. The number of aromatic nitrogens is 2. The van der Waals surface area contributed by atoms with Crippen molar-refractivity contribution in [1.82, 2.24) is 9.55 Å². The molecular formula is C15H13ClFN3O. The van der Waals surface area contributed by atoms with Crippen LogP contribution in [0, 0.1) is 5.82 Å². The van der Waals surface area contributed by atoms with Crippen molar-refractivity contribution in [3.8, 4) is 5.69 Å². The number of imidazole rings is 1. The molecule has 0 aliphatic heterocycles.